The van der Waals surface area contributed by atoms with Crippen molar-refractivity contribution in [2.75, 3.05) is 6.61 Å². The van der Waals surface area contributed by atoms with Gasteiger partial charge in [0.05, 0.1) is 12.2 Å². The van der Waals surface area contributed by atoms with E-state index in [0.717, 1.165) is 6.42 Å². The van der Waals surface area contributed by atoms with Crippen molar-refractivity contribution in [3.05, 3.63) is 23.8 Å². The SMILES string of the molecule is CC[C@H](C)COc1ccc(O)cc1C#N. The van der Waals surface area contributed by atoms with Crippen molar-refractivity contribution in [2.24, 2.45) is 5.92 Å². The molecule has 0 heterocycles. The molecule has 0 radical (unpaired) electrons. The largest absolute Gasteiger partial charge is 0.508 e. The molecule has 1 aromatic rings. The molecule has 0 saturated carbocycles. The van der Waals surface area contributed by atoms with Crippen molar-refractivity contribution in [1.29, 1.82) is 5.26 Å². The first-order valence-electron chi connectivity index (χ1n) is 5.03. The Morgan fingerprint density at radius 3 is 2.87 bits per heavy atom. The standard InChI is InChI=1S/C12H15NO2/c1-3-9(2)8-15-12-5-4-11(14)6-10(12)7-13/h4-6,9,14H,3,8H2,1-2H3/t9-/m0/s1. The van der Waals surface area contributed by atoms with Gasteiger partial charge < -0.3 is 9.84 Å². The molecule has 0 spiro atoms. The molecule has 1 atom stereocenters. The van der Waals surface area contributed by atoms with E-state index < -0.39 is 0 Å². The molecule has 1 rings (SSSR count). The van der Waals surface area contributed by atoms with Crippen LogP contribution in [0.3, 0.4) is 0 Å². The van der Waals surface area contributed by atoms with Gasteiger partial charge in [-0.2, -0.15) is 5.26 Å². The normalized spacial score (nSPS) is 11.8. The Hall–Kier alpha value is -1.69. The van der Waals surface area contributed by atoms with Crippen LogP contribution in [0.15, 0.2) is 18.2 Å². The predicted octanol–water partition coefficient (Wildman–Crippen LogP) is 2.69. The van der Waals surface area contributed by atoms with Crippen LogP contribution in [0.4, 0.5) is 0 Å². The second kappa shape index (κ2) is 5.26. The van der Waals surface area contributed by atoms with Crippen LogP contribution in [0.25, 0.3) is 0 Å². The lowest BCUT2D eigenvalue weighted by Gasteiger charge is -2.11. The van der Waals surface area contributed by atoms with Crippen molar-refractivity contribution in [1.82, 2.24) is 0 Å². The molecule has 0 aliphatic rings. The average molecular weight is 205 g/mol. The maximum atomic E-state index is 9.19. The van der Waals surface area contributed by atoms with Crippen LogP contribution in [-0.4, -0.2) is 11.7 Å². The van der Waals surface area contributed by atoms with Gasteiger partial charge in [-0.05, 0) is 18.1 Å². The van der Waals surface area contributed by atoms with Gasteiger partial charge in [0.1, 0.15) is 17.6 Å². The Morgan fingerprint density at radius 2 is 2.27 bits per heavy atom. The molecule has 3 nitrogen and oxygen atoms in total. The first-order chi connectivity index (χ1) is 7.17. The van der Waals surface area contributed by atoms with E-state index in [1.165, 1.54) is 12.1 Å². The molecule has 1 N–H and O–H groups in total. The molecular formula is C12H15NO2. The molecule has 0 bridgehead atoms. The third kappa shape index (κ3) is 3.17. The number of phenolic OH excluding ortho intramolecular Hbond substituents is 1. The molecule has 0 unspecified atom stereocenters. The molecule has 1 aromatic carbocycles. The smallest absolute Gasteiger partial charge is 0.137 e. The fraction of sp³-hybridized carbons (Fsp3) is 0.417. The second-order valence-corrected chi connectivity index (χ2v) is 3.62. The Labute approximate surface area is 89.9 Å². The van der Waals surface area contributed by atoms with Gasteiger partial charge in [-0.1, -0.05) is 20.3 Å². The van der Waals surface area contributed by atoms with Crippen LogP contribution in [0.5, 0.6) is 11.5 Å². The monoisotopic (exact) mass is 205 g/mol. The Bertz CT molecular complexity index is 368. The number of nitrogens with zero attached hydrogens (tertiary/aromatic N) is 1. The zero-order valence-electron chi connectivity index (χ0n) is 9.03. The van der Waals surface area contributed by atoms with Gasteiger partial charge >= 0.3 is 0 Å². The van der Waals surface area contributed by atoms with Crippen LogP contribution in [-0.2, 0) is 0 Å². The van der Waals surface area contributed by atoms with Crippen molar-refractivity contribution >= 4 is 0 Å². The zero-order valence-corrected chi connectivity index (χ0v) is 9.03. The summed E-state index contributed by atoms with van der Waals surface area (Å²) in [5.41, 5.74) is 0.373. The minimum atomic E-state index is 0.0856. The third-order valence-electron chi connectivity index (χ3n) is 2.30. The molecule has 3 heteroatoms. The summed E-state index contributed by atoms with van der Waals surface area (Å²) in [5, 5.41) is 18.0. The highest BCUT2D eigenvalue weighted by atomic mass is 16.5. The summed E-state index contributed by atoms with van der Waals surface area (Å²) in [4.78, 5) is 0. The molecule has 0 amide bonds. The summed E-state index contributed by atoms with van der Waals surface area (Å²) >= 11 is 0. The molecule has 0 fully saturated rings. The van der Waals surface area contributed by atoms with E-state index in [4.69, 9.17) is 10.00 Å². The van der Waals surface area contributed by atoms with Crippen molar-refractivity contribution in [3.63, 3.8) is 0 Å². The van der Waals surface area contributed by atoms with E-state index in [2.05, 4.69) is 13.8 Å². The van der Waals surface area contributed by atoms with E-state index >= 15 is 0 Å². The molecule has 80 valence electrons. The first-order valence-corrected chi connectivity index (χ1v) is 5.03. The molecule has 0 aliphatic carbocycles. The van der Waals surface area contributed by atoms with Crippen LogP contribution in [0.2, 0.25) is 0 Å². The highest BCUT2D eigenvalue weighted by Gasteiger charge is 2.06. The number of rotatable bonds is 4. The second-order valence-electron chi connectivity index (χ2n) is 3.62. The number of hydrogen-bond acceptors (Lipinski definition) is 3. The third-order valence-corrected chi connectivity index (χ3v) is 2.30. The number of nitriles is 1. The number of aromatic hydroxyl groups is 1. The lowest BCUT2D eigenvalue weighted by molar-refractivity contribution is 0.255. The number of hydrogen-bond donors (Lipinski definition) is 1. The summed E-state index contributed by atoms with van der Waals surface area (Å²) < 4.78 is 5.50. The fourth-order valence-electron chi connectivity index (χ4n) is 1.08. The van der Waals surface area contributed by atoms with Gasteiger partial charge in [-0.25, -0.2) is 0 Å². The molecule has 0 aromatic heterocycles. The van der Waals surface area contributed by atoms with Crippen molar-refractivity contribution in [2.45, 2.75) is 20.3 Å². The summed E-state index contributed by atoms with van der Waals surface area (Å²) in [6.07, 6.45) is 1.04. The van der Waals surface area contributed by atoms with Gasteiger partial charge in [0.2, 0.25) is 0 Å². The average Bonchev–Trinajstić information content (AvgIpc) is 2.26. The van der Waals surface area contributed by atoms with Crippen LogP contribution in [0, 0.1) is 17.2 Å². The quantitative estimate of drug-likeness (QED) is 0.822. The minimum Gasteiger partial charge on any atom is -0.508 e. The fourth-order valence-corrected chi connectivity index (χ4v) is 1.08. The lowest BCUT2D eigenvalue weighted by Crippen LogP contribution is -2.07. The van der Waals surface area contributed by atoms with E-state index in [1.54, 1.807) is 6.07 Å². The Kier molecular flexibility index (Phi) is 3.99. The summed E-state index contributed by atoms with van der Waals surface area (Å²) in [5.74, 6) is 1.09. The maximum Gasteiger partial charge on any atom is 0.137 e. The topological polar surface area (TPSA) is 53.2 Å². The summed E-state index contributed by atoms with van der Waals surface area (Å²) in [6.45, 7) is 4.78. The maximum absolute atomic E-state index is 9.19. The van der Waals surface area contributed by atoms with E-state index in [1.807, 2.05) is 6.07 Å². The van der Waals surface area contributed by atoms with Gasteiger partial charge in [-0.15, -0.1) is 0 Å². The highest BCUT2D eigenvalue weighted by Crippen LogP contribution is 2.23. The van der Waals surface area contributed by atoms with Crippen LogP contribution < -0.4 is 4.74 Å². The molecular weight excluding hydrogens is 190 g/mol. The summed E-state index contributed by atoms with van der Waals surface area (Å²) in [7, 11) is 0. The minimum absolute atomic E-state index is 0.0856. The van der Waals surface area contributed by atoms with Gasteiger partial charge in [0, 0.05) is 6.07 Å². The summed E-state index contributed by atoms with van der Waals surface area (Å²) in [6, 6.07) is 6.54. The van der Waals surface area contributed by atoms with Crippen LogP contribution >= 0.6 is 0 Å². The molecule has 15 heavy (non-hydrogen) atoms. The highest BCUT2D eigenvalue weighted by molar-refractivity contribution is 5.47. The van der Waals surface area contributed by atoms with Crippen LogP contribution in [0.1, 0.15) is 25.8 Å². The number of ether oxygens (including phenoxy) is 1. The molecule has 0 aliphatic heterocycles. The van der Waals surface area contributed by atoms with E-state index in [0.29, 0.717) is 23.8 Å². The Morgan fingerprint density at radius 1 is 1.53 bits per heavy atom. The van der Waals surface area contributed by atoms with E-state index in [9.17, 15) is 5.11 Å². The number of phenols is 1. The van der Waals surface area contributed by atoms with Gasteiger partial charge in [0.15, 0.2) is 0 Å². The predicted molar refractivity (Wildman–Crippen MR) is 57.8 cm³/mol. The van der Waals surface area contributed by atoms with Gasteiger partial charge in [-0.3, -0.25) is 0 Å². The number of benzene rings is 1. The van der Waals surface area contributed by atoms with Crippen molar-refractivity contribution < 1.29 is 9.84 Å². The van der Waals surface area contributed by atoms with Crippen molar-refractivity contribution in [3.8, 4) is 17.6 Å². The molecule has 0 saturated heterocycles. The van der Waals surface area contributed by atoms with E-state index in [-0.39, 0.29) is 5.75 Å². The lowest BCUT2D eigenvalue weighted by atomic mass is 10.1. The zero-order chi connectivity index (χ0) is 11.3. The Balaban J connectivity index is 2.73. The van der Waals surface area contributed by atoms with Gasteiger partial charge in [0.25, 0.3) is 0 Å². The first kappa shape index (κ1) is 11.4.